The lowest BCUT2D eigenvalue weighted by Gasteiger charge is -2.36. The number of nitrogens with zero attached hydrogens (tertiary/aromatic N) is 2. The van der Waals surface area contributed by atoms with Crippen LogP contribution in [-0.4, -0.2) is 43.7 Å². The van der Waals surface area contributed by atoms with Gasteiger partial charge in [0.25, 0.3) is 0 Å². The van der Waals surface area contributed by atoms with E-state index in [0.717, 1.165) is 13.1 Å². The minimum Gasteiger partial charge on any atom is -0.368 e. The average molecular weight is 263 g/mol. The highest BCUT2D eigenvalue weighted by Crippen LogP contribution is 2.20. The molecular weight excluding hydrogens is 242 g/mol. The summed E-state index contributed by atoms with van der Waals surface area (Å²) in [6, 6.07) is 8.20. The van der Waals surface area contributed by atoms with E-state index in [1.165, 1.54) is 11.3 Å². The Morgan fingerprint density at radius 1 is 1.26 bits per heavy atom. The van der Waals surface area contributed by atoms with Crippen molar-refractivity contribution in [2.45, 2.75) is 13.8 Å². The Morgan fingerprint density at radius 2 is 1.95 bits per heavy atom. The van der Waals surface area contributed by atoms with Crippen LogP contribution in [-0.2, 0) is 4.84 Å². The second-order valence-electron chi connectivity index (χ2n) is 4.60. The molecule has 1 aromatic carbocycles. The van der Waals surface area contributed by atoms with Gasteiger partial charge in [0.15, 0.2) is 0 Å². The molecule has 0 saturated carbocycles. The molecule has 1 N–H and O–H groups in total. The van der Waals surface area contributed by atoms with Crippen LogP contribution in [0.4, 0.5) is 10.5 Å². The van der Waals surface area contributed by atoms with Gasteiger partial charge in [-0.05, 0) is 25.5 Å². The number of hydrogen-bond donors (Lipinski definition) is 1. The molecule has 2 amide bonds. The number of carbonyl (C=O) groups excluding carboxylic acids is 1. The molecule has 104 valence electrons. The molecule has 1 aromatic rings. The summed E-state index contributed by atoms with van der Waals surface area (Å²) in [7, 11) is 0. The smallest absolute Gasteiger partial charge is 0.341 e. The summed E-state index contributed by atoms with van der Waals surface area (Å²) in [5.41, 5.74) is 4.97. The van der Waals surface area contributed by atoms with Crippen molar-refractivity contribution in [3.8, 4) is 0 Å². The summed E-state index contributed by atoms with van der Waals surface area (Å²) < 4.78 is 0. The number of aryl methyl sites for hydroxylation is 1. The topological polar surface area (TPSA) is 44.8 Å². The monoisotopic (exact) mass is 263 g/mol. The van der Waals surface area contributed by atoms with Gasteiger partial charge in [0, 0.05) is 31.9 Å². The van der Waals surface area contributed by atoms with Crippen molar-refractivity contribution in [2.75, 3.05) is 37.7 Å². The van der Waals surface area contributed by atoms with Crippen molar-refractivity contribution in [3.63, 3.8) is 0 Å². The first kappa shape index (κ1) is 13.7. The minimum atomic E-state index is -0.147. The highest BCUT2D eigenvalue weighted by atomic mass is 16.7. The molecule has 5 nitrogen and oxygen atoms in total. The Balaban J connectivity index is 1.89. The number of amides is 2. The molecule has 1 saturated heterocycles. The molecule has 1 aliphatic heterocycles. The molecule has 0 radical (unpaired) electrons. The zero-order chi connectivity index (χ0) is 13.7. The summed E-state index contributed by atoms with van der Waals surface area (Å²) in [6.07, 6.45) is 0. The summed E-state index contributed by atoms with van der Waals surface area (Å²) in [5.74, 6) is 0. The van der Waals surface area contributed by atoms with E-state index >= 15 is 0 Å². The van der Waals surface area contributed by atoms with Gasteiger partial charge < -0.3 is 9.80 Å². The molecule has 0 unspecified atom stereocenters. The van der Waals surface area contributed by atoms with Crippen molar-refractivity contribution < 1.29 is 9.63 Å². The molecule has 1 fully saturated rings. The van der Waals surface area contributed by atoms with Crippen LogP contribution < -0.4 is 10.4 Å². The van der Waals surface area contributed by atoms with E-state index in [1.807, 2.05) is 13.0 Å². The quantitative estimate of drug-likeness (QED) is 0.845. The van der Waals surface area contributed by atoms with Gasteiger partial charge in [-0.25, -0.2) is 10.3 Å². The van der Waals surface area contributed by atoms with E-state index < -0.39 is 0 Å². The van der Waals surface area contributed by atoms with Crippen LogP contribution >= 0.6 is 0 Å². The van der Waals surface area contributed by atoms with Crippen molar-refractivity contribution in [3.05, 3.63) is 29.8 Å². The number of carbonyl (C=O) groups is 1. The van der Waals surface area contributed by atoms with Gasteiger partial charge in [0.1, 0.15) is 0 Å². The Labute approximate surface area is 114 Å². The fourth-order valence-corrected chi connectivity index (χ4v) is 2.27. The number of nitrogens with one attached hydrogen (secondary N) is 1. The van der Waals surface area contributed by atoms with E-state index in [4.69, 9.17) is 4.84 Å². The zero-order valence-corrected chi connectivity index (χ0v) is 11.6. The van der Waals surface area contributed by atoms with Crippen molar-refractivity contribution in [1.29, 1.82) is 0 Å². The normalized spacial score (nSPS) is 15.5. The molecular formula is C14H21N3O2. The van der Waals surface area contributed by atoms with E-state index in [1.54, 1.807) is 4.90 Å². The van der Waals surface area contributed by atoms with Crippen LogP contribution in [0.2, 0.25) is 0 Å². The molecule has 5 heteroatoms. The SMILES string of the molecule is CCONC(=O)N1CCN(c2ccccc2C)CC1. The number of urea groups is 1. The highest BCUT2D eigenvalue weighted by Gasteiger charge is 2.21. The number of hydrogen-bond acceptors (Lipinski definition) is 3. The Kier molecular flexibility index (Phi) is 4.63. The molecule has 0 aliphatic carbocycles. The van der Waals surface area contributed by atoms with Crippen molar-refractivity contribution in [2.24, 2.45) is 0 Å². The fourth-order valence-electron chi connectivity index (χ4n) is 2.27. The van der Waals surface area contributed by atoms with E-state index in [-0.39, 0.29) is 6.03 Å². The molecule has 2 rings (SSSR count). The maximum atomic E-state index is 11.7. The molecule has 0 atom stereocenters. The van der Waals surface area contributed by atoms with Crippen LogP contribution in [0.1, 0.15) is 12.5 Å². The first-order valence-corrected chi connectivity index (χ1v) is 6.69. The molecule has 1 aliphatic rings. The summed E-state index contributed by atoms with van der Waals surface area (Å²) >= 11 is 0. The third-order valence-electron chi connectivity index (χ3n) is 3.33. The van der Waals surface area contributed by atoms with Crippen molar-refractivity contribution >= 4 is 11.7 Å². The van der Waals surface area contributed by atoms with E-state index in [9.17, 15) is 4.79 Å². The second kappa shape index (κ2) is 6.43. The average Bonchev–Trinajstić information content (AvgIpc) is 2.45. The lowest BCUT2D eigenvalue weighted by atomic mass is 10.1. The standard InChI is InChI=1S/C14H21N3O2/c1-3-19-15-14(18)17-10-8-16(9-11-17)13-7-5-4-6-12(13)2/h4-7H,3,8-11H2,1-2H3,(H,15,18). The third-order valence-corrected chi connectivity index (χ3v) is 3.33. The van der Waals surface area contributed by atoms with Gasteiger partial charge >= 0.3 is 6.03 Å². The highest BCUT2D eigenvalue weighted by molar-refractivity contribution is 5.73. The third kappa shape index (κ3) is 3.38. The molecule has 0 spiro atoms. The van der Waals surface area contributed by atoms with Crippen LogP contribution in [0, 0.1) is 6.92 Å². The lowest BCUT2D eigenvalue weighted by molar-refractivity contribution is 0.0550. The maximum Gasteiger partial charge on any atom is 0.341 e. The number of anilines is 1. The zero-order valence-electron chi connectivity index (χ0n) is 11.6. The molecule has 0 aromatic heterocycles. The summed E-state index contributed by atoms with van der Waals surface area (Å²) in [6.45, 7) is 7.57. The van der Waals surface area contributed by atoms with E-state index in [0.29, 0.717) is 19.7 Å². The van der Waals surface area contributed by atoms with Gasteiger partial charge in [0.05, 0.1) is 6.61 Å². The van der Waals surface area contributed by atoms with Gasteiger partial charge in [-0.3, -0.25) is 4.84 Å². The van der Waals surface area contributed by atoms with Gasteiger partial charge in [-0.2, -0.15) is 0 Å². The fraction of sp³-hybridized carbons (Fsp3) is 0.500. The van der Waals surface area contributed by atoms with Gasteiger partial charge in [-0.15, -0.1) is 0 Å². The van der Waals surface area contributed by atoms with Gasteiger partial charge in [0.2, 0.25) is 0 Å². The number of benzene rings is 1. The summed E-state index contributed by atoms with van der Waals surface area (Å²) in [4.78, 5) is 20.8. The van der Waals surface area contributed by atoms with E-state index in [2.05, 4.69) is 35.5 Å². The maximum absolute atomic E-state index is 11.7. The predicted octanol–water partition coefficient (Wildman–Crippen LogP) is 1.78. The Morgan fingerprint density at radius 3 is 2.58 bits per heavy atom. The summed E-state index contributed by atoms with van der Waals surface area (Å²) in [5, 5.41) is 0. The number of para-hydroxylation sites is 1. The Hall–Kier alpha value is -1.75. The minimum absolute atomic E-state index is 0.147. The first-order valence-electron chi connectivity index (χ1n) is 6.69. The van der Waals surface area contributed by atoms with Crippen LogP contribution in [0.5, 0.6) is 0 Å². The van der Waals surface area contributed by atoms with Crippen LogP contribution in [0.15, 0.2) is 24.3 Å². The van der Waals surface area contributed by atoms with Crippen molar-refractivity contribution in [1.82, 2.24) is 10.4 Å². The van der Waals surface area contributed by atoms with Crippen LogP contribution in [0.25, 0.3) is 0 Å². The van der Waals surface area contributed by atoms with Crippen LogP contribution in [0.3, 0.4) is 0 Å². The molecule has 19 heavy (non-hydrogen) atoms. The first-order chi connectivity index (χ1) is 9.22. The Bertz CT molecular complexity index is 428. The number of rotatable bonds is 3. The molecule has 0 bridgehead atoms. The predicted molar refractivity (Wildman–Crippen MR) is 75.1 cm³/mol. The molecule has 1 heterocycles. The second-order valence-corrected chi connectivity index (χ2v) is 4.60. The number of piperazine rings is 1. The van der Waals surface area contributed by atoms with Gasteiger partial charge in [-0.1, -0.05) is 18.2 Å². The lowest BCUT2D eigenvalue weighted by Crippen LogP contribution is -2.52. The largest absolute Gasteiger partial charge is 0.368 e. The number of hydroxylamine groups is 1.